The van der Waals surface area contributed by atoms with Crippen LogP contribution in [-0.2, 0) is 4.74 Å². The Bertz CT molecular complexity index is 848. The van der Waals surface area contributed by atoms with Crippen LogP contribution in [0, 0.1) is 6.92 Å². The molecule has 1 saturated heterocycles. The molecule has 0 amide bonds. The second kappa shape index (κ2) is 8.38. The molecule has 1 fully saturated rings. The highest BCUT2D eigenvalue weighted by atomic mass is 16.7. The number of carbonyl (C=O) groups is 1. The molecule has 3 rings (SSSR count). The van der Waals surface area contributed by atoms with Crippen LogP contribution in [0.5, 0.6) is 5.75 Å². The zero-order valence-corrected chi connectivity index (χ0v) is 15.6. The van der Waals surface area contributed by atoms with Gasteiger partial charge in [-0.05, 0) is 48.7 Å². The van der Waals surface area contributed by atoms with Gasteiger partial charge in [-0.15, -0.1) is 0 Å². The summed E-state index contributed by atoms with van der Waals surface area (Å²) in [5.74, 6) is 0.414. The van der Waals surface area contributed by atoms with Crippen molar-refractivity contribution in [2.75, 3.05) is 6.61 Å². The predicted octanol–water partition coefficient (Wildman–Crippen LogP) is 1.04. The van der Waals surface area contributed by atoms with E-state index in [4.69, 9.17) is 9.47 Å². The smallest absolute Gasteiger partial charge is 0.229 e. The largest absolute Gasteiger partial charge is 0.462 e. The molecule has 1 heterocycles. The summed E-state index contributed by atoms with van der Waals surface area (Å²) in [5.41, 5.74) is 3.15. The molecule has 5 atom stereocenters. The van der Waals surface area contributed by atoms with Gasteiger partial charge in [-0.25, -0.2) is 0 Å². The zero-order chi connectivity index (χ0) is 20.4. The molecule has 4 N–H and O–H groups in total. The summed E-state index contributed by atoms with van der Waals surface area (Å²) >= 11 is 0. The second-order valence-electron chi connectivity index (χ2n) is 6.93. The number of Topliss-reactive ketones (excluding diaryl/α,β-unsaturated/α-hetero) is 1. The van der Waals surface area contributed by atoms with E-state index in [1.54, 1.807) is 12.1 Å². The molecule has 3 unspecified atom stereocenters. The maximum Gasteiger partial charge on any atom is 0.229 e. The van der Waals surface area contributed by atoms with E-state index in [-0.39, 0.29) is 5.78 Å². The monoisotopic (exact) mass is 388 g/mol. The first kappa shape index (κ1) is 20.4. The lowest BCUT2D eigenvalue weighted by atomic mass is 9.99. The Morgan fingerprint density at radius 1 is 1.04 bits per heavy atom. The Morgan fingerprint density at radius 2 is 1.75 bits per heavy atom. The average Bonchev–Trinajstić information content (AvgIpc) is 2.69. The van der Waals surface area contributed by atoms with Crippen LogP contribution in [0.2, 0.25) is 0 Å². The standard InChI is InChI=1S/C21H24O7/c1-11-8-15(14-5-3-4-13(9-14)12(2)23)6-7-16(11)27-21-20(26)19(25)18(24)17(10-22)28-21/h3-9,17-22,24-26H,10H2,1-2H3/t17?,18-,19?,20?,21+/m1/s1. The van der Waals surface area contributed by atoms with E-state index in [0.717, 1.165) is 16.7 Å². The number of aryl methyl sites for hydroxylation is 1. The van der Waals surface area contributed by atoms with Gasteiger partial charge in [0.2, 0.25) is 6.29 Å². The van der Waals surface area contributed by atoms with Crippen molar-refractivity contribution in [2.24, 2.45) is 0 Å². The zero-order valence-electron chi connectivity index (χ0n) is 15.6. The Kier molecular flexibility index (Phi) is 6.12. The third-order valence-electron chi connectivity index (χ3n) is 4.87. The number of hydrogen-bond donors (Lipinski definition) is 4. The molecular weight excluding hydrogens is 364 g/mol. The summed E-state index contributed by atoms with van der Waals surface area (Å²) in [4.78, 5) is 11.6. The summed E-state index contributed by atoms with van der Waals surface area (Å²) in [7, 11) is 0. The number of rotatable bonds is 5. The van der Waals surface area contributed by atoms with E-state index < -0.39 is 37.3 Å². The van der Waals surface area contributed by atoms with Gasteiger partial charge in [0.25, 0.3) is 0 Å². The highest BCUT2D eigenvalue weighted by molar-refractivity contribution is 5.95. The van der Waals surface area contributed by atoms with Gasteiger partial charge in [0, 0.05) is 5.56 Å². The summed E-state index contributed by atoms with van der Waals surface area (Å²) < 4.78 is 11.1. The first-order valence-electron chi connectivity index (χ1n) is 9.01. The quantitative estimate of drug-likeness (QED) is 0.566. The molecule has 1 aliphatic rings. The number of benzene rings is 2. The van der Waals surface area contributed by atoms with Gasteiger partial charge in [0.05, 0.1) is 6.61 Å². The van der Waals surface area contributed by atoms with Crippen LogP contribution in [0.3, 0.4) is 0 Å². The SMILES string of the molecule is CC(=O)c1cccc(-c2ccc(O[C@H]3OC(CO)[C@@H](O)C(O)C3O)c(C)c2)c1. The highest BCUT2D eigenvalue weighted by Crippen LogP contribution is 2.30. The summed E-state index contributed by atoms with van der Waals surface area (Å²) in [6, 6.07) is 12.7. The van der Waals surface area contributed by atoms with Crippen LogP contribution in [0.25, 0.3) is 11.1 Å². The molecule has 7 nitrogen and oxygen atoms in total. The molecule has 0 saturated carbocycles. The first-order chi connectivity index (χ1) is 13.3. The van der Waals surface area contributed by atoms with Gasteiger partial charge in [0.1, 0.15) is 30.2 Å². The topological polar surface area (TPSA) is 116 Å². The van der Waals surface area contributed by atoms with Gasteiger partial charge >= 0.3 is 0 Å². The average molecular weight is 388 g/mol. The lowest BCUT2D eigenvalue weighted by molar-refractivity contribution is -0.277. The summed E-state index contributed by atoms with van der Waals surface area (Å²) in [5, 5.41) is 39.1. The highest BCUT2D eigenvalue weighted by Gasteiger charge is 2.44. The lowest BCUT2D eigenvalue weighted by Crippen LogP contribution is -2.60. The molecule has 0 radical (unpaired) electrons. The minimum absolute atomic E-state index is 0.0128. The molecular formula is C21H24O7. The van der Waals surface area contributed by atoms with E-state index in [0.29, 0.717) is 11.3 Å². The Balaban J connectivity index is 1.81. The molecule has 2 aromatic rings. The third kappa shape index (κ3) is 4.09. The maximum absolute atomic E-state index is 11.6. The van der Waals surface area contributed by atoms with Crippen LogP contribution in [0.4, 0.5) is 0 Å². The molecule has 0 spiro atoms. The van der Waals surface area contributed by atoms with Crippen molar-refractivity contribution in [3.05, 3.63) is 53.6 Å². The fraction of sp³-hybridized carbons (Fsp3) is 0.381. The fourth-order valence-corrected chi connectivity index (χ4v) is 3.17. The van der Waals surface area contributed by atoms with E-state index >= 15 is 0 Å². The van der Waals surface area contributed by atoms with Crippen LogP contribution in [0.15, 0.2) is 42.5 Å². The molecule has 2 aromatic carbocycles. The number of aliphatic hydroxyl groups excluding tert-OH is 4. The van der Waals surface area contributed by atoms with Crippen molar-refractivity contribution in [3.63, 3.8) is 0 Å². The van der Waals surface area contributed by atoms with Crippen LogP contribution in [-0.4, -0.2) is 63.5 Å². The summed E-state index contributed by atoms with van der Waals surface area (Å²) in [6.07, 6.45) is -6.66. The second-order valence-corrected chi connectivity index (χ2v) is 6.93. The summed E-state index contributed by atoms with van der Waals surface area (Å²) in [6.45, 7) is 2.81. The van der Waals surface area contributed by atoms with E-state index in [1.807, 2.05) is 37.3 Å². The molecule has 150 valence electrons. The van der Waals surface area contributed by atoms with Crippen molar-refractivity contribution in [1.82, 2.24) is 0 Å². The van der Waals surface area contributed by atoms with Crippen LogP contribution >= 0.6 is 0 Å². The molecule has 0 aromatic heterocycles. The molecule has 28 heavy (non-hydrogen) atoms. The van der Waals surface area contributed by atoms with Crippen molar-refractivity contribution >= 4 is 5.78 Å². The Morgan fingerprint density at radius 3 is 2.39 bits per heavy atom. The molecule has 0 aliphatic carbocycles. The number of carbonyl (C=O) groups excluding carboxylic acids is 1. The van der Waals surface area contributed by atoms with Crippen molar-refractivity contribution in [3.8, 4) is 16.9 Å². The predicted molar refractivity (Wildman–Crippen MR) is 101 cm³/mol. The Labute approximate surface area is 162 Å². The van der Waals surface area contributed by atoms with Crippen molar-refractivity contribution in [2.45, 2.75) is 44.6 Å². The van der Waals surface area contributed by atoms with Crippen LogP contribution in [0.1, 0.15) is 22.8 Å². The molecule has 7 heteroatoms. The lowest BCUT2D eigenvalue weighted by Gasteiger charge is -2.39. The minimum Gasteiger partial charge on any atom is -0.462 e. The number of ether oxygens (including phenoxy) is 2. The Hall–Kier alpha value is -2.29. The number of hydrogen-bond acceptors (Lipinski definition) is 7. The minimum atomic E-state index is -1.50. The van der Waals surface area contributed by atoms with E-state index in [2.05, 4.69) is 0 Å². The van der Waals surface area contributed by atoms with E-state index in [1.165, 1.54) is 6.92 Å². The maximum atomic E-state index is 11.6. The molecule has 1 aliphatic heterocycles. The first-order valence-corrected chi connectivity index (χ1v) is 9.01. The van der Waals surface area contributed by atoms with Gasteiger partial charge in [-0.3, -0.25) is 4.79 Å². The van der Waals surface area contributed by atoms with Gasteiger partial charge < -0.3 is 29.9 Å². The number of ketones is 1. The van der Waals surface area contributed by atoms with Crippen molar-refractivity contribution in [1.29, 1.82) is 0 Å². The van der Waals surface area contributed by atoms with Gasteiger partial charge in [-0.1, -0.05) is 24.3 Å². The van der Waals surface area contributed by atoms with E-state index in [9.17, 15) is 25.2 Å². The third-order valence-corrected chi connectivity index (χ3v) is 4.87. The van der Waals surface area contributed by atoms with Crippen LogP contribution < -0.4 is 4.74 Å². The van der Waals surface area contributed by atoms with Crippen molar-refractivity contribution < 1.29 is 34.7 Å². The normalized spacial score (nSPS) is 27.4. The van der Waals surface area contributed by atoms with Gasteiger partial charge in [0.15, 0.2) is 5.78 Å². The van der Waals surface area contributed by atoms with Gasteiger partial charge in [-0.2, -0.15) is 0 Å². The number of aliphatic hydroxyl groups is 4. The molecule has 0 bridgehead atoms. The fourth-order valence-electron chi connectivity index (χ4n) is 3.17.